The van der Waals surface area contributed by atoms with Crippen LogP contribution in [0.25, 0.3) is 0 Å². The maximum Gasteiger partial charge on any atom is 0.416 e. The van der Waals surface area contributed by atoms with Gasteiger partial charge in [0, 0.05) is 0 Å². The van der Waals surface area contributed by atoms with Crippen molar-refractivity contribution in [1.82, 2.24) is 5.32 Å². The second kappa shape index (κ2) is 10.3. The molecule has 3 aromatic rings. The Labute approximate surface area is 209 Å². The van der Waals surface area contributed by atoms with Crippen molar-refractivity contribution in [2.24, 2.45) is 0 Å². The smallest absolute Gasteiger partial charge is 0.348 e. The molecule has 0 saturated carbocycles. The Morgan fingerprint density at radius 1 is 0.944 bits per heavy atom. The third-order valence-electron chi connectivity index (χ3n) is 6.33. The van der Waals surface area contributed by atoms with Crippen molar-refractivity contribution in [3.8, 4) is 0 Å². The summed E-state index contributed by atoms with van der Waals surface area (Å²) in [6.07, 6.45) is -0.399. The van der Waals surface area contributed by atoms with Gasteiger partial charge in [0.05, 0.1) is 22.2 Å². The highest BCUT2D eigenvalue weighted by Gasteiger charge is 2.33. The molecule has 9 heteroatoms. The van der Waals surface area contributed by atoms with E-state index in [-0.39, 0.29) is 10.6 Å². The molecule has 0 bridgehead atoms. The monoisotopic (exact) mass is 516 g/mol. The molecule has 0 radical (unpaired) electrons. The Hall–Kier alpha value is -3.33. The molecule has 1 amide bonds. The van der Waals surface area contributed by atoms with Crippen LogP contribution in [0.3, 0.4) is 0 Å². The summed E-state index contributed by atoms with van der Waals surface area (Å²) in [6.45, 7) is 1.12. The van der Waals surface area contributed by atoms with Gasteiger partial charge in [-0.15, -0.1) is 0 Å². The van der Waals surface area contributed by atoms with Crippen molar-refractivity contribution < 1.29 is 26.4 Å². The number of carbonyl (C=O) groups is 1. The van der Waals surface area contributed by atoms with Crippen molar-refractivity contribution >= 4 is 21.6 Å². The normalized spacial score (nSPS) is 14.6. The lowest BCUT2D eigenvalue weighted by Crippen LogP contribution is -2.41. The number of hydrogen-bond acceptors (Lipinski definition) is 3. The van der Waals surface area contributed by atoms with Gasteiger partial charge in [-0.2, -0.15) is 13.2 Å². The molecule has 0 unspecified atom stereocenters. The maximum absolute atomic E-state index is 13.4. The number of nitrogens with zero attached hydrogens (tertiary/aromatic N) is 1. The van der Waals surface area contributed by atoms with Crippen LogP contribution in [0.2, 0.25) is 0 Å². The number of benzene rings is 3. The van der Waals surface area contributed by atoms with Gasteiger partial charge in [-0.05, 0) is 79.6 Å². The van der Waals surface area contributed by atoms with E-state index in [0.717, 1.165) is 49.4 Å². The van der Waals surface area contributed by atoms with Crippen LogP contribution in [0.1, 0.15) is 48.1 Å². The fraction of sp³-hybridized carbons (Fsp3) is 0.296. The summed E-state index contributed by atoms with van der Waals surface area (Å²) >= 11 is 0. The molecule has 0 aromatic heterocycles. The molecule has 1 atom stereocenters. The summed E-state index contributed by atoms with van der Waals surface area (Å²) in [5.41, 5.74) is 2.19. The Bertz CT molecular complexity index is 1340. The number of carbonyl (C=O) groups excluding carboxylic acids is 1. The minimum absolute atomic E-state index is 0.127. The average Bonchev–Trinajstić information content (AvgIpc) is 2.87. The van der Waals surface area contributed by atoms with E-state index in [9.17, 15) is 26.4 Å². The number of alkyl halides is 3. The molecule has 1 N–H and O–H groups in total. The number of sulfonamides is 1. The second-order valence-corrected chi connectivity index (χ2v) is 10.8. The van der Waals surface area contributed by atoms with Gasteiger partial charge < -0.3 is 5.32 Å². The number of halogens is 3. The van der Waals surface area contributed by atoms with Gasteiger partial charge in [0.25, 0.3) is 10.0 Å². The molecule has 0 aliphatic heterocycles. The number of anilines is 1. The third-order valence-corrected chi connectivity index (χ3v) is 8.12. The number of aryl methyl sites for hydroxylation is 2. The van der Waals surface area contributed by atoms with E-state index in [0.29, 0.717) is 4.31 Å². The first-order valence-corrected chi connectivity index (χ1v) is 13.2. The lowest BCUT2D eigenvalue weighted by atomic mass is 9.89. The minimum atomic E-state index is -4.67. The molecule has 36 heavy (non-hydrogen) atoms. The van der Waals surface area contributed by atoms with E-state index in [2.05, 4.69) is 17.4 Å². The molecule has 190 valence electrons. The van der Waals surface area contributed by atoms with Crippen molar-refractivity contribution in [3.05, 3.63) is 95.1 Å². The highest BCUT2D eigenvalue weighted by atomic mass is 32.2. The number of amides is 1. The summed E-state index contributed by atoms with van der Waals surface area (Å²) in [5, 5.41) is 2.80. The zero-order valence-electron chi connectivity index (χ0n) is 19.8. The molecule has 4 rings (SSSR count). The van der Waals surface area contributed by atoms with Crippen molar-refractivity contribution in [2.75, 3.05) is 10.8 Å². The van der Waals surface area contributed by atoms with Crippen LogP contribution in [-0.4, -0.2) is 20.9 Å². The number of rotatable bonds is 7. The molecule has 0 saturated heterocycles. The van der Waals surface area contributed by atoms with Gasteiger partial charge in [0.2, 0.25) is 5.91 Å². The molecule has 1 aliphatic rings. The Kier molecular flexibility index (Phi) is 7.40. The summed E-state index contributed by atoms with van der Waals surface area (Å²) < 4.78 is 67.6. The van der Waals surface area contributed by atoms with Crippen molar-refractivity contribution in [1.29, 1.82) is 0 Å². The lowest BCUT2D eigenvalue weighted by molar-refractivity contribution is -0.137. The first-order chi connectivity index (χ1) is 17.1. The van der Waals surface area contributed by atoms with Crippen LogP contribution in [0.15, 0.2) is 77.7 Å². The Balaban J connectivity index is 1.61. The third kappa shape index (κ3) is 5.73. The summed E-state index contributed by atoms with van der Waals surface area (Å²) in [5.74, 6) is -0.628. The zero-order chi connectivity index (χ0) is 25.9. The van der Waals surface area contributed by atoms with Gasteiger partial charge >= 0.3 is 6.18 Å². The van der Waals surface area contributed by atoms with E-state index < -0.39 is 40.3 Å². The van der Waals surface area contributed by atoms with Crippen LogP contribution < -0.4 is 9.62 Å². The van der Waals surface area contributed by atoms with E-state index >= 15 is 0 Å². The summed E-state index contributed by atoms with van der Waals surface area (Å²) in [6, 6.07) is 16.9. The maximum atomic E-state index is 13.4. The minimum Gasteiger partial charge on any atom is -0.348 e. The molecule has 5 nitrogen and oxygen atoms in total. The fourth-order valence-electron chi connectivity index (χ4n) is 4.40. The second-order valence-electron chi connectivity index (χ2n) is 8.90. The van der Waals surface area contributed by atoms with Gasteiger partial charge in [0.15, 0.2) is 0 Å². The highest BCUT2D eigenvalue weighted by molar-refractivity contribution is 7.92. The standard InChI is InChI=1S/C27H27F3N2O3S/c1-19(21-15-14-20-8-5-6-9-22(20)16-21)31-26(33)18-32(36(34,35)25-12-3-2-4-13-25)24-11-7-10-23(17-24)27(28,29)30/h2-4,7,10-17,19H,5-6,8-9,18H2,1H3,(H,31,33)/t19-/m1/s1. The Morgan fingerprint density at radius 2 is 1.64 bits per heavy atom. The first kappa shape index (κ1) is 25.8. The average molecular weight is 517 g/mol. The van der Waals surface area contributed by atoms with Crippen molar-refractivity contribution in [2.45, 2.75) is 49.7 Å². The van der Waals surface area contributed by atoms with Crippen LogP contribution in [-0.2, 0) is 33.8 Å². The molecular weight excluding hydrogens is 489 g/mol. The van der Waals surface area contributed by atoms with Gasteiger partial charge in [-0.1, -0.05) is 42.5 Å². The van der Waals surface area contributed by atoms with Gasteiger partial charge in [0.1, 0.15) is 6.54 Å². The number of nitrogens with one attached hydrogen (secondary N) is 1. The topological polar surface area (TPSA) is 66.5 Å². The highest BCUT2D eigenvalue weighted by Crippen LogP contribution is 2.33. The van der Waals surface area contributed by atoms with E-state index in [4.69, 9.17) is 0 Å². The summed E-state index contributed by atoms with van der Waals surface area (Å²) in [4.78, 5) is 12.9. The quantitative estimate of drug-likeness (QED) is 0.441. The molecular formula is C27H27F3N2O3S. The van der Waals surface area contributed by atoms with E-state index in [1.54, 1.807) is 13.0 Å². The van der Waals surface area contributed by atoms with Crippen LogP contribution in [0.4, 0.5) is 18.9 Å². The predicted molar refractivity (Wildman–Crippen MR) is 132 cm³/mol. The van der Waals surface area contributed by atoms with Gasteiger partial charge in [-0.25, -0.2) is 8.42 Å². The number of fused-ring (bicyclic) bond motifs is 1. The molecule has 0 fully saturated rings. The van der Waals surface area contributed by atoms with Crippen LogP contribution in [0, 0.1) is 0 Å². The fourth-order valence-corrected chi connectivity index (χ4v) is 5.83. The van der Waals surface area contributed by atoms with Crippen LogP contribution >= 0.6 is 0 Å². The van der Waals surface area contributed by atoms with Crippen molar-refractivity contribution in [3.63, 3.8) is 0 Å². The van der Waals surface area contributed by atoms with Crippen LogP contribution in [0.5, 0.6) is 0 Å². The zero-order valence-corrected chi connectivity index (χ0v) is 20.6. The molecule has 1 aliphatic carbocycles. The molecule has 3 aromatic carbocycles. The predicted octanol–water partition coefficient (Wildman–Crippen LogP) is 5.66. The van der Waals surface area contributed by atoms with E-state index in [1.807, 2.05) is 6.07 Å². The van der Waals surface area contributed by atoms with E-state index in [1.165, 1.54) is 41.5 Å². The first-order valence-electron chi connectivity index (χ1n) is 11.7. The summed E-state index contributed by atoms with van der Waals surface area (Å²) in [7, 11) is -4.32. The SMILES string of the molecule is C[C@@H](NC(=O)CN(c1cccc(C(F)(F)F)c1)S(=O)(=O)c1ccccc1)c1ccc2c(c1)CCCC2. The number of hydrogen-bond donors (Lipinski definition) is 1. The Morgan fingerprint density at radius 3 is 2.33 bits per heavy atom. The lowest BCUT2D eigenvalue weighted by Gasteiger charge is -2.26. The molecule has 0 spiro atoms. The molecule has 0 heterocycles. The van der Waals surface area contributed by atoms with Gasteiger partial charge in [-0.3, -0.25) is 9.10 Å². The largest absolute Gasteiger partial charge is 0.416 e.